The molecule has 124 valence electrons. The van der Waals surface area contributed by atoms with E-state index in [0.29, 0.717) is 24.2 Å². The number of H-pyrrole nitrogens is 1. The number of sulfone groups is 1. The zero-order chi connectivity index (χ0) is 16.3. The molecule has 22 heavy (non-hydrogen) atoms. The third-order valence-electron chi connectivity index (χ3n) is 4.38. The van der Waals surface area contributed by atoms with E-state index in [9.17, 15) is 13.2 Å². The number of hydrogen-bond acceptors (Lipinski definition) is 4. The minimum Gasteiger partial charge on any atom is -0.262 e. The predicted octanol–water partition coefficient (Wildman–Crippen LogP) is 1.99. The molecule has 0 unspecified atom stereocenters. The van der Waals surface area contributed by atoms with Gasteiger partial charge < -0.3 is 0 Å². The lowest BCUT2D eigenvalue weighted by molar-refractivity contribution is 0.215. The lowest BCUT2D eigenvalue weighted by Crippen LogP contribution is -2.24. The van der Waals surface area contributed by atoms with Crippen molar-refractivity contribution >= 4 is 9.84 Å². The van der Waals surface area contributed by atoms with Gasteiger partial charge in [-0.05, 0) is 43.4 Å². The van der Waals surface area contributed by atoms with Gasteiger partial charge in [0.25, 0.3) is 0 Å². The van der Waals surface area contributed by atoms with Crippen LogP contribution in [0.15, 0.2) is 22.6 Å². The molecular weight excluding hydrogens is 302 g/mol. The summed E-state index contributed by atoms with van der Waals surface area (Å²) in [6, 6.07) is 0. The summed E-state index contributed by atoms with van der Waals surface area (Å²) in [4.78, 5) is 11.6. The lowest BCUT2D eigenvalue weighted by atomic mass is 9.76. The van der Waals surface area contributed by atoms with E-state index in [0.717, 1.165) is 17.4 Å². The molecule has 1 aliphatic carbocycles. The van der Waals surface area contributed by atoms with Crippen LogP contribution in [-0.4, -0.2) is 28.9 Å². The standard InChI is InChI=1S/C15H25N3O3S/c1-4-6-18-14(19)16-17-15(18)22(20,21)7-5-13-9-11(2)8-12(3)10-13/h4,11-13H,1,5-10H2,2-3H3,(H,16,19)/t11-,12-/m0/s1. The van der Waals surface area contributed by atoms with E-state index in [1.807, 2.05) is 0 Å². The summed E-state index contributed by atoms with van der Waals surface area (Å²) in [5.74, 6) is 1.78. The summed E-state index contributed by atoms with van der Waals surface area (Å²) in [7, 11) is -3.55. The Labute approximate surface area is 131 Å². The normalized spacial score (nSPS) is 26.0. The van der Waals surface area contributed by atoms with Crippen molar-refractivity contribution in [3.63, 3.8) is 0 Å². The number of allylic oxidation sites excluding steroid dienone is 1. The first-order valence-corrected chi connectivity index (χ1v) is 9.47. The molecule has 0 spiro atoms. The van der Waals surface area contributed by atoms with Gasteiger partial charge in [0.2, 0.25) is 15.0 Å². The first-order valence-electron chi connectivity index (χ1n) is 7.82. The highest BCUT2D eigenvalue weighted by atomic mass is 32.2. The van der Waals surface area contributed by atoms with E-state index in [-0.39, 0.29) is 17.5 Å². The van der Waals surface area contributed by atoms with Gasteiger partial charge in [-0.3, -0.25) is 4.57 Å². The average Bonchev–Trinajstić information content (AvgIpc) is 2.79. The number of rotatable bonds is 6. The summed E-state index contributed by atoms with van der Waals surface area (Å²) >= 11 is 0. The molecule has 0 aliphatic heterocycles. The zero-order valence-electron chi connectivity index (χ0n) is 13.3. The number of nitrogens with zero attached hydrogens (tertiary/aromatic N) is 2. The summed E-state index contributed by atoms with van der Waals surface area (Å²) in [6.45, 7) is 8.14. The molecule has 0 aromatic carbocycles. The van der Waals surface area contributed by atoms with Crippen LogP contribution in [0.25, 0.3) is 0 Å². The number of nitrogens with one attached hydrogen (secondary N) is 1. The molecule has 1 fully saturated rings. The van der Waals surface area contributed by atoms with Gasteiger partial charge in [0.05, 0.1) is 5.75 Å². The third-order valence-corrected chi connectivity index (χ3v) is 6.03. The molecule has 1 saturated carbocycles. The van der Waals surface area contributed by atoms with Crippen molar-refractivity contribution in [3.05, 3.63) is 23.1 Å². The molecule has 2 atom stereocenters. The smallest absolute Gasteiger partial charge is 0.262 e. The quantitative estimate of drug-likeness (QED) is 0.810. The maximum Gasteiger partial charge on any atom is 0.344 e. The van der Waals surface area contributed by atoms with Crippen molar-refractivity contribution in [1.29, 1.82) is 0 Å². The summed E-state index contributed by atoms with van der Waals surface area (Å²) in [5, 5.41) is 5.73. The summed E-state index contributed by atoms with van der Waals surface area (Å²) in [5.41, 5.74) is -0.515. The molecular formula is C15H25N3O3S. The Bertz CT molecular complexity index is 664. The van der Waals surface area contributed by atoms with Crippen LogP contribution in [0.5, 0.6) is 0 Å². The Kier molecular flexibility index (Phi) is 5.26. The van der Waals surface area contributed by atoms with E-state index in [1.165, 1.54) is 12.5 Å². The second kappa shape index (κ2) is 6.81. The Hall–Kier alpha value is -1.37. The minimum absolute atomic E-state index is 0.0402. The second-order valence-corrected chi connectivity index (χ2v) is 8.60. The Morgan fingerprint density at radius 2 is 1.95 bits per heavy atom. The Morgan fingerprint density at radius 1 is 1.32 bits per heavy atom. The molecule has 1 aromatic rings. The molecule has 1 aliphatic rings. The van der Waals surface area contributed by atoms with Crippen LogP contribution >= 0.6 is 0 Å². The minimum atomic E-state index is -3.55. The van der Waals surface area contributed by atoms with Crippen molar-refractivity contribution in [1.82, 2.24) is 14.8 Å². The average molecular weight is 327 g/mol. The maximum absolute atomic E-state index is 12.5. The summed E-state index contributed by atoms with van der Waals surface area (Å²) < 4.78 is 26.1. The monoisotopic (exact) mass is 327 g/mol. The molecule has 1 heterocycles. The first kappa shape index (κ1) is 17.0. The second-order valence-electron chi connectivity index (χ2n) is 6.60. The van der Waals surface area contributed by atoms with E-state index in [2.05, 4.69) is 30.6 Å². The molecule has 6 nitrogen and oxygen atoms in total. The molecule has 2 rings (SSSR count). The van der Waals surface area contributed by atoms with E-state index in [4.69, 9.17) is 0 Å². The Balaban J connectivity index is 2.08. The van der Waals surface area contributed by atoms with Crippen LogP contribution in [-0.2, 0) is 16.4 Å². The van der Waals surface area contributed by atoms with Crippen LogP contribution < -0.4 is 5.69 Å². The topological polar surface area (TPSA) is 84.8 Å². The van der Waals surface area contributed by atoms with E-state index >= 15 is 0 Å². The van der Waals surface area contributed by atoms with Gasteiger partial charge in [-0.15, -0.1) is 11.7 Å². The van der Waals surface area contributed by atoms with Gasteiger partial charge in [-0.2, -0.15) is 0 Å². The van der Waals surface area contributed by atoms with E-state index in [1.54, 1.807) is 0 Å². The number of aromatic nitrogens is 3. The summed E-state index contributed by atoms with van der Waals surface area (Å²) in [6.07, 6.45) is 5.51. The third kappa shape index (κ3) is 3.88. The van der Waals surface area contributed by atoms with Crippen molar-refractivity contribution in [2.24, 2.45) is 17.8 Å². The highest BCUT2D eigenvalue weighted by molar-refractivity contribution is 7.91. The van der Waals surface area contributed by atoms with Gasteiger partial charge in [-0.1, -0.05) is 19.9 Å². The molecule has 7 heteroatoms. The van der Waals surface area contributed by atoms with Gasteiger partial charge >= 0.3 is 5.69 Å². The molecule has 1 N–H and O–H groups in total. The molecule has 0 amide bonds. The molecule has 0 radical (unpaired) electrons. The van der Waals surface area contributed by atoms with Crippen LogP contribution in [0, 0.1) is 17.8 Å². The molecule has 0 saturated heterocycles. The Morgan fingerprint density at radius 3 is 2.55 bits per heavy atom. The van der Waals surface area contributed by atoms with Gasteiger partial charge in [0.1, 0.15) is 0 Å². The lowest BCUT2D eigenvalue weighted by Gasteiger charge is -2.31. The largest absolute Gasteiger partial charge is 0.344 e. The van der Waals surface area contributed by atoms with E-state index < -0.39 is 15.5 Å². The highest BCUT2D eigenvalue weighted by Gasteiger charge is 2.28. The van der Waals surface area contributed by atoms with Gasteiger partial charge in [-0.25, -0.2) is 18.3 Å². The van der Waals surface area contributed by atoms with Crippen molar-refractivity contribution in [2.45, 2.75) is 51.2 Å². The number of aromatic amines is 1. The van der Waals surface area contributed by atoms with Gasteiger partial charge in [0.15, 0.2) is 0 Å². The number of hydrogen-bond donors (Lipinski definition) is 1. The van der Waals surface area contributed by atoms with Crippen LogP contribution in [0.1, 0.15) is 39.5 Å². The zero-order valence-corrected chi connectivity index (χ0v) is 14.1. The highest BCUT2D eigenvalue weighted by Crippen LogP contribution is 2.35. The maximum atomic E-state index is 12.5. The SMILES string of the molecule is C=CCn1c(S(=O)(=O)CCC2C[C@@H](C)C[C@H](C)C2)n[nH]c1=O. The molecule has 1 aromatic heterocycles. The van der Waals surface area contributed by atoms with Crippen molar-refractivity contribution in [3.8, 4) is 0 Å². The van der Waals surface area contributed by atoms with Gasteiger partial charge in [0, 0.05) is 6.54 Å². The van der Waals surface area contributed by atoms with Crippen LogP contribution in [0.3, 0.4) is 0 Å². The van der Waals surface area contributed by atoms with Crippen LogP contribution in [0.4, 0.5) is 0 Å². The fraction of sp³-hybridized carbons (Fsp3) is 0.733. The predicted molar refractivity (Wildman–Crippen MR) is 85.4 cm³/mol. The first-order chi connectivity index (χ1) is 10.3. The van der Waals surface area contributed by atoms with Crippen molar-refractivity contribution in [2.75, 3.05) is 5.75 Å². The fourth-order valence-corrected chi connectivity index (χ4v) is 5.10. The van der Waals surface area contributed by atoms with Crippen LogP contribution in [0.2, 0.25) is 0 Å². The fourth-order valence-electron chi connectivity index (χ4n) is 3.59. The molecule has 0 bridgehead atoms. The van der Waals surface area contributed by atoms with Crippen molar-refractivity contribution < 1.29 is 8.42 Å².